The summed E-state index contributed by atoms with van der Waals surface area (Å²) in [4.78, 5) is 40.3. The number of hydrogen-bond acceptors (Lipinski definition) is 9. The number of aromatic nitrogens is 4. The zero-order valence-electron chi connectivity index (χ0n) is 26.0. The highest BCUT2D eigenvalue weighted by Crippen LogP contribution is 2.28. The number of anilines is 1. The summed E-state index contributed by atoms with van der Waals surface area (Å²) < 4.78 is 8.94. The van der Waals surface area contributed by atoms with Crippen molar-refractivity contribution in [2.45, 2.75) is 63.8 Å². The third kappa shape index (κ3) is 6.11. The standard InChI is InChI=1S/C34H38N8O4/c1-34(2,39-17-14-26(43)15-18-39)19-23(20-35)32(44)40-16-6-7-25(40)21-41-31-29(30(36)37-22-38-31)42(33(41)45)24-10-12-28(13-11-24)46-27-8-4-3-5-9-27/h3-5,8-13,19,22,25-26,43H,6-7,14-18,21H2,1-2H3,(H2,36,37,38)/t25-/m0/s1. The molecule has 3 N–H and O–H groups in total. The van der Waals surface area contributed by atoms with Crippen molar-refractivity contribution in [3.8, 4) is 23.3 Å². The van der Waals surface area contributed by atoms with Gasteiger partial charge >= 0.3 is 5.69 Å². The summed E-state index contributed by atoms with van der Waals surface area (Å²) in [6.07, 6.45) is 5.47. The monoisotopic (exact) mass is 622 g/mol. The quantitative estimate of drug-likeness (QED) is 0.221. The summed E-state index contributed by atoms with van der Waals surface area (Å²) in [5.41, 5.74) is 6.78. The average Bonchev–Trinajstić information content (AvgIpc) is 3.63. The second kappa shape index (κ2) is 12.8. The number of aliphatic hydroxyl groups excluding tert-OH is 1. The van der Waals surface area contributed by atoms with Crippen molar-refractivity contribution < 1.29 is 14.6 Å². The largest absolute Gasteiger partial charge is 0.457 e. The Morgan fingerprint density at radius 2 is 1.76 bits per heavy atom. The molecule has 0 aliphatic carbocycles. The first-order valence-electron chi connectivity index (χ1n) is 15.6. The van der Waals surface area contributed by atoms with Gasteiger partial charge < -0.3 is 20.5 Å². The Morgan fingerprint density at radius 3 is 2.46 bits per heavy atom. The summed E-state index contributed by atoms with van der Waals surface area (Å²) >= 11 is 0. The van der Waals surface area contributed by atoms with Crippen LogP contribution in [-0.4, -0.2) is 77.2 Å². The molecule has 2 fully saturated rings. The van der Waals surface area contributed by atoms with Crippen LogP contribution < -0.4 is 16.2 Å². The second-order valence-electron chi connectivity index (χ2n) is 12.4. The van der Waals surface area contributed by atoms with Crippen molar-refractivity contribution in [2.75, 3.05) is 25.4 Å². The first-order chi connectivity index (χ1) is 22.2. The number of imidazole rings is 1. The van der Waals surface area contributed by atoms with E-state index < -0.39 is 5.54 Å². The number of para-hydroxylation sites is 1. The SMILES string of the molecule is CC(C)(C=C(C#N)C(=O)N1CCC[C@H]1Cn1c(=O)n(-c2ccc(Oc3ccccc3)cc2)c2c(N)ncnc21)N1CCC(O)CC1. The highest BCUT2D eigenvalue weighted by molar-refractivity contribution is 5.97. The van der Waals surface area contributed by atoms with E-state index >= 15 is 0 Å². The number of nitrogens with zero attached hydrogens (tertiary/aromatic N) is 7. The molecule has 46 heavy (non-hydrogen) atoms. The minimum atomic E-state index is -0.545. The molecule has 2 aromatic carbocycles. The number of carbonyl (C=O) groups is 1. The number of piperidine rings is 1. The number of carbonyl (C=O) groups excluding carboxylic acids is 1. The lowest BCUT2D eigenvalue weighted by Crippen LogP contribution is -2.48. The van der Waals surface area contributed by atoms with Crippen molar-refractivity contribution in [3.05, 3.63) is 83.1 Å². The minimum Gasteiger partial charge on any atom is -0.457 e. The molecule has 2 aromatic heterocycles. The molecular formula is C34H38N8O4. The number of nitrogens with two attached hydrogens (primary N) is 1. The van der Waals surface area contributed by atoms with Crippen molar-refractivity contribution >= 4 is 22.9 Å². The molecule has 0 radical (unpaired) electrons. The van der Waals surface area contributed by atoms with Crippen LogP contribution in [0.4, 0.5) is 5.82 Å². The Hall–Kier alpha value is -4.99. The lowest BCUT2D eigenvalue weighted by atomic mass is 9.94. The van der Waals surface area contributed by atoms with E-state index in [2.05, 4.69) is 20.9 Å². The van der Waals surface area contributed by atoms with Gasteiger partial charge in [0.15, 0.2) is 11.5 Å². The number of aliphatic hydroxyl groups is 1. The molecule has 1 amide bonds. The normalized spacial score (nSPS) is 18.2. The highest BCUT2D eigenvalue weighted by Gasteiger charge is 2.35. The molecule has 238 valence electrons. The summed E-state index contributed by atoms with van der Waals surface area (Å²) in [5.74, 6) is 1.11. The topological polar surface area (TPSA) is 156 Å². The zero-order valence-corrected chi connectivity index (χ0v) is 26.0. The number of rotatable bonds is 8. The molecule has 4 aromatic rings. The predicted octanol–water partition coefficient (Wildman–Crippen LogP) is 3.63. The molecule has 0 unspecified atom stereocenters. The van der Waals surface area contributed by atoms with Crippen LogP contribution in [0.3, 0.4) is 0 Å². The van der Waals surface area contributed by atoms with Gasteiger partial charge in [0.1, 0.15) is 35.0 Å². The zero-order chi connectivity index (χ0) is 32.4. The Labute approximate surface area is 267 Å². The van der Waals surface area contributed by atoms with E-state index in [9.17, 15) is 20.0 Å². The van der Waals surface area contributed by atoms with Crippen LogP contribution in [0, 0.1) is 11.3 Å². The van der Waals surface area contributed by atoms with Gasteiger partial charge in [-0.3, -0.25) is 18.8 Å². The molecule has 2 saturated heterocycles. The fourth-order valence-corrected chi connectivity index (χ4v) is 6.48. The van der Waals surface area contributed by atoms with Crippen LogP contribution in [0.5, 0.6) is 11.5 Å². The van der Waals surface area contributed by atoms with Gasteiger partial charge in [-0.05, 0) is 82.0 Å². The van der Waals surface area contributed by atoms with Crippen LogP contribution in [-0.2, 0) is 11.3 Å². The molecule has 2 aliphatic heterocycles. The van der Waals surface area contributed by atoms with Gasteiger partial charge in [0.25, 0.3) is 5.91 Å². The van der Waals surface area contributed by atoms with Crippen LogP contribution in [0.15, 0.2) is 77.4 Å². The number of fused-ring (bicyclic) bond motifs is 1. The Bertz CT molecular complexity index is 1850. The van der Waals surface area contributed by atoms with Gasteiger partial charge in [0, 0.05) is 31.7 Å². The molecule has 12 nitrogen and oxygen atoms in total. The van der Waals surface area contributed by atoms with Gasteiger partial charge in [-0.25, -0.2) is 14.8 Å². The molecule has 6 rings (SSSR count). The van der Waals surface area contributed by atoms with Crippen molar-refractivity contribution in [2.24, 2.45) is 0 Å². The van der Waals surface area contributed by atoms with Gasteiger partial charge in [-0.15, -0.1) is 0 Å². The summed E-state index contributed by atoms with van der Waals surface area (Å²) in [5, 5.41) is 20.0. The Balaban J connectivity index is 1.28. The fourth-order valence-electron chi connectivity index (χ4n) is 6.48. The second-order valence-corrected chi connectivity index (χ2v) is 12.4. The van der Waals surface area contributed by atoms with Crippen molar-refractivity contribution in [1.82, 2.24) is 28.9 Å². The van der Waals surface area contributed by atoms with Crippen molar-refractivity contribution in [3.63, 3.8) is 0 Å². The molecule has 1 atom stereocenters. The van der Waals surface area contributed by atoms with Gasteiger partial charge in [-0.1, -0.05) is 18.2 Å². The van der Waals surface area contributed by atoms with E-state index in [1.807, 2.05) is 44.2 Å². The summed E-state index contributed by atoms with van der Waals surface area (Å²) in [6.45, 7) is 6.00. The lowest BCUT2D eigenvalue weighted by Gasteiger charge is -2.40. The van der Waals surface area contributed by atoms with E-state index in [1.54, 1.807) is 35.2 Å². The molecule has 12 heteroatoms. The number of likely N-dealkylation sites (tertiary alicyclic amines) is 2. The first kappa shape index (κ1) is 31.0. The Morgan fingerprint density at radius 1 is 1.07 bits per heavy atom. The number of ether oxygens (including phenoxy) is 1. The molecular weight excluding hydrogens is 584 g/mol. The average molecular weight is 623 g/mol. The maximum Gasteiger partial charge on any atom is 0.335 e. The lowest BCUT2D eigenvalue weighted by molar-refractivity contribution is -0.127. The highest BCUT2D eigenvalue weighted by atomic mass is 16.5. The van der Waals surface area contributed by atoms with Crippen molar-refractivity contribution in [1.29, 1.82) is 5.26 Å². The van der Waals surface area contributed by atoms with Crippen LogP contribution in [0.2, 0.25) is 0 Å². The summed E-state index contributed by atoms with van der Waals surface area (Å²) in [6, 6.07) is 18.3. The van der Waals surface area contributed by atoms with E-state index in [-0.39, 0.29) is 41.7 Å². The van der Waals surface area contributed by atoms with Crippen LogP contribution in [0.25, 0.3) is 16.9 Å². The predicted molar refractivity (Wildman–Crippen MR) is 173 cm³/mol. The van der Waals surface area contributed by atoms with Crippen LogP contribution >= 0.6 is 0 Å². The van der Waals surface area contributed by atoms with E-state index in [1.165, 1.54) is 15.5 Å². The van der Waals surface area contributed by atoms with Gasteiger partial charge in [-0.2, -0.15) is 5.26 Å². The summed E-state index contributed by atoms with van der Waals surface area (Å²) in [7, 11) is 0. The number of amides is 1. The van der Waals surface area contributed by atoms with E-state index in [0.29, 0.717) is 67.2 Å². The van der Waals surface area contributed by atoms with Gasteiger partial charge in [0.05, 0.1) is 17.8 Å². The van der Waals surface area contributed by atoms with Crippen LogP contribution in [0.1, 0.15) is 39.5 Å². The Kier molecular flexibility index (Phi) is 8.62. The smallest absolute Gasteiger partial charge is 0.335 e. The molecule has 2 aliphatic rings. The third-order valence-electron chi connectivity index (χ3n) is 8.97. The van der Waals surface area contributed by atoms with Gasteiger partial charge in [0.2, 0.25) is 0 Å². The number of nitriles is 1. The molecule has 0 spiro atoms. The number of hydrogen-bond donors (Lipinski definition) is 2. The molecule has 0 bridgehead atoms. The van der Waals surface area contributed by atoms with E-state index in [4.69, 9.17) is 10.5 Å². The third-order valence-corrected chi connectivity index (χ3v) is 8.97. The van der Waals surface area contributed by atoms with E-state index in [0.717, 1.165) is 6.42 Å². The molecule has 0 saturated carbocycles. The number of nitrogen functional groups attached to an aromatic ring is 1. The fraction of sp³-hybridized carbons (Fsp3) is 0.382. The maximum atomic E-state index is 14.0. The minimum absolute atomic E-state index is 0.0715. The molecule has 4 heterocycles. The maximum absolute atomic E-state index is 14.0. The first-order valence-corrected chi connectivity index (χ1v) is 15.6. The number of benzene rings is 2.